The Balaban J connectivity index is 2.33. The molecule has 1 aromatic heterocycles. The molecule has 17 heavy (non-hydrogen) atoms. The minimum Gasteiger partial charge on any atom is -0.373 e. The summed E-state index contributed by atoms with van der Waals surface area (Å²) in [5, 5.41) is 3.01. The summed E-state index contributed by atoms with van der Waals surface area (Å²) in [7, 11) is 3.84. The zero-order valence-corrected chi connectivity index (χ0v) is 10.3. The first kappa shape index (κ1) is 11.4. The van der Waals surface area contributed by atoms with E-state index in [1.807, 2.05) is 31.1 Å². The Hall–Kier alpha value is -2.10. The van der Waals surface area contributed by atoms with E-state index in [-0.39, 0.29) is 0 Å². The Morgan fingerprint density at radius 2 is 2.00 bits per heavy atom. The summed E-state index contributed by atoms with van der Waals surface area (Å²) < 4.78 is 0. The van der Waals surface area contributed by atoms with Crippen molar-refractivity contribution in [2.45, 2.75) is 6.92 Å². The molecule has 1 heterocycles. The number of rotatable bonds is 3. The van der Waals surface area contributed by atoms with Crippen molar-refractivity contribution in [3.63, 3.8) is 0 Å². The third-order valence-corrected chi connectivity index (χ3v) is 2.64. The maximum absolute atomic E-state index is 4.27. The number of aromatic nitrogens is 2. The van der Waals surface area contributed by atoms with Crippen LogP contribution in [0.3, 0.4) is 0 Å². The molecule has 0 amide bonds. The van der Waals surface area contributed by atoms with E-state index in [1.165, 1.54) is 5.56 Å². The highest BCUT2D eigenvalue weighted by Gasteiger charge is 2.06. The van der Waals surface area contributed by atoms with Gasteiger partial charge in [0.2, 0.25) is 0 Å². The molecule has 0 bridgehead atoms. The number of benzene rings is 1. The molecular weight excluding hydrogens is 212 g/mol. The number of hydrogen-bond acceptors (Lipinski definition) is 4. The van der Waals surface area contributed by atoms with Crippen LogP contribution in [0.4, 0.5) is 17.3 Å². The first-order valence-electron chi connectivity index (χ1n) is 5.51. The average molecular weight is 228 g/mol. The summed E-state index contributed by atoms with van der Waals surface area (Å²) in [4.78, 5) is 10.4. The van der Waals surface area contributed by atoms with Crippen LogP contribution in [0.15, 0.2) is 36.7 Å². The Morgan fingerprint density at radius 3 is 2.71 bits per heavy atom. The summed E-state index contributed by atoms with van der Waals surface area (Å²) in [5.74, 6) is 1.68. The van der Waals surface area contributed by atoms with Gasteiger partial charge < -0.3 is 10.2 Å². The zero-order chi connectivity index (χ0) is 12.3. The largest absolute Gasteiger partial charge is 0.373 e. The minimum atomic E-state index is 0.814. The van der Waals surface area contributed by atoms with Gasteiger partial charge in [0.05, 0.1) is 0 Å². The lowest BCUT2D eigenvalue weighted by atomic mass is 10.2. The van der Waals surface area contributed by atoms with Crippen LogP contribution < -0.4 is 10.2 Å². The first-order valence-corrected chi connectivity index (χ1v) is 5.51. The second-order valence-electron chi connectivity index (χ2n) is 3.91. The van der Waals surface area contributed by atoms with E-state index in [0.29, 0.717) is 0 Å². The second-order valence-corrected chi connectivity index (χ2v) is 3.91. The van der Waals surface area contributed by atoms with E-state index < -0.39 is 0 Å². The van der Waals surface area contributed by atoms with Crippen molar-refractivity contribution >= 4 is 17.3 Å². The van der Waals surface area contributed by atoms with Crippen LogP contribution in [0, 0.1) is 6.92 Å². The van der Waals surface area contributed by atoms with Gasteiger partial charge in [0.15, 0.2) is 0 Å². The van der Waals surface area contributed by atoms with E-state index in [0.717, 1.165) is 17.3 Å². The molecule has 2 rings (SSSR count). The van der Waals surface area contributed by atoms with Gasteiger partial charge in [-0.3, -0.25) is 0 Å². The topological polar surface area (TPSA) is 41.0 Å². The highest BCUT2D eigenvalue weighted by Crippen LogP contribution is 2.23. The van der Waals surface area contributed by atoms with E-state index in [9.17, 15) is 0 Å². The molecule has 4 nitrogen and oxygen atoms in total. The smallest absolute Gasteiger partial charge is 0.138 e. The summed E-state index contributed by atoms with van der Waals surface area (Å²) in [5.41, 5.74) is 2.35. The van der Waals surface area contributed by atoms with Gasteiger partial charge in [-0.2, -0.15) is 0 Å². The van der Waals surface area contributed by atoms with Crippen molar-refractivity contribution in [3.05, 3.63) is 42.2 Å². The maximum atomic E-state index is 4.27. The highest BCUT2D eigenvalue weighted by atomic mass is 15.2. The van der Waals surface area contributed by atoms with Crippen LogP contribution in [-0.4, -0.2) is 24.1 Å². The van der Waals surface area contributed by atoms with Crippen LogP contribution in [0.5, 0.6) is 0 Å². The van der Waals surface area contributed by atoms with Gasteiger partial charge >= 0.3 is 0 Å². The monoisotopic (exact) mass is 228 g/mol. The summed E-state index contributed by atoms with van der Waals surface area (Å²) >= 11 is 0. The molecule has 4 heteroatoms. The molecule has 0 fully saturated rings. The number of nitrogens with one attached hydrogen (secondary N) is 1. The number of nitrogens with zero attached hydrogens (tertiary/aromatic N) is 3. The highest BCUT2D eigenvalue weighted by molar-refractivity contribution is 5.61. The Kier molecular flexibility index (Phi) is 3.23. The normalized spacial score (nSPS) is 10.1. The van der Waals surface area contributed by atoms with Crippen molar-refractivity contribution in [1.29, 1.82) is 0 Å². The lowest BCUT2D eigenvalue weighted by Gasteiger charge is -2.18. The first-order chi connectivity index (χ1) is 8.20. The van der Waals surface area contributed by atoms with E-state index in [1.54, 1.807) is 6.33 Å². The molecule has 2 aromatic rings. The molecule has 0 atom stereocenters. The lowest BCUT2D eigenvalue weighted by molar-refractivity contribution is 1.08. The quantitative estimate of drug-likeness (QED) is 0.876. The van der Waals surface area contributed by atoms with Gasteiger partial charge in [0.1, 0.15) is 18.0 Å². The molecule has 0 aliphatic heterocycles. The van der Waals surface area contributed by atoms with E-state index >= 15 is 0 Å². The lowest BCUT2D eigenvalue weighted by Crippen LogP contribution is -2.11. The predicted molar refractivity (Wildman–Crippen MR) is 70.8 cm³/mol. The molecule has 0 radical (unpaired) electrons. The molecule has 1 aromatic carbocycles. The van der Waals surface area contributed by atoms with E-state index in [4.69, 9.17) is 0 Å². The van der Waals surface area contributed by atoms with Crippen LogP contribution >= 0.6 is 0 Å². The minimum absolute atomic E-state index is 0.814. The molecule has 0 aliphatic rings. The number of aryl methyl sites for hydroxylation is 1. The van der Waals surface area contributed by atoms with Gasteiger partial charge in [-0.1, -0.05) is 12.1 Å². The molecule has 88 valence electrons. The standard InChI is InChI=1S/C13H16N4/c1-10-5-4-6-11(7-10)17(3)13-8-12(14-2)15-9-16-13/h4-9H,1-3H3,(H,14,15,16). The van der Waals surface area contributed by atoms with Gasteiger partial charge in [0.25, 0.3) is 0 Å². The zero-order valence-electron chi connectivity index (χ0n) is 10.3. The number of hydrogen-bond donors (Lipinski definition) is 1. The van der Waals surface area contributed by atoms with Gasteiger partial charge in [-0.05, 0) is 24.6 Å². The predicted octanol–water partition coefficient (Wildman–Crippen LogP) is 2.59. The van der Waals surface area contributed by atoms with Crippen LogP contribution in [0.1, 0.15) is 5.56 Å². The summed E-state index contributed by atoms with van der Waals surface area (Å²) in [6, 6.07) is 10.2. The second kappa shape index (κ2) is 4.82. The van der Waals surface area contributed by atoms with Crippen LogP contribution in [0.2, 0.25) is 0 Å². The van der Waals surface area contributed by atoms with Crippen LogP contribution in [0.25, 0.3) is 0 Å². The third kappa shape index (κ3) is 2.53. The molecule has 0 aliphatic carbocycles. The van der Waals surface area contributed by atoms with Crippen molar-refractivity contribution in [2.24, 2.45) is 0 Å². The Morgan fingerprint density at radius 1 is 1.18 bits per heavy atom. The van der Waals surface area contributed by atoms with Crippen LogP contribution in [-0.2, 0) is 0 Å². The van der Waals surface area contributed by atoms with Crippen molar-refractivity contribution in [2.75, 3.05) is 24.3 Å². The molecular formula is C13H16N4. The molecule has 0 spiro atoms. The SMILES string of the molecule is CNc1cc(N(C)c2cccc(C)c2)ncn1. The number of anilines is 3. The van der Waals surface area contributed by atoms with Gasteiger partial charge in [-0.15, -0.1) is 0 Å². The van der Waals surface area contributed by atoms with Gasteiger partial charge in [-0.25, -0.2) is 9.97 Å². The van der Waals surface area contributed by atoms with Gasteiger partial charge in [0, 0.05) is 25.8 Å². The Labute approximate surface area is 101 Å². The van der Waals surface area contributed by atoms with E-state index in [2.05, 4.69) is 40.4 Å². The fraction of sp³-hybridized carbons (Fsp3) is 0.231. The molecule has 0 unspecified atom stereocenters. The summed E-state index contributed by atoms with van der Waals surface area (Å²) in [6.45, 7) is 2.08. The summed E-state index contributed by atoms with van der Waals surface area (Å²) in [6.07, 6.45) is 1.56. The van der Waals surface area contributed by atoms with Crippen molar-refractivity contribution < 1.29 is 0 Å². The molecule has 0 saturated heterocycles. The third-order valence-electron chi connectivity index (χ3n) is 2.64. The fourth-order valence-electron chi connectivity index (χ4n) is 1.64. The molecule has 1 N–H and O–H groups in total. The molecule has 0 saturated carbocycles. The maximum Gasteiger partial charge on any atom is 0.138 e. The Bertz CT molecular complexity index is 510. The fourth-order valence-corrected chi connectivity index (χ4v) is 1.64. The van der Waals surface area contributed by atoms with Crippen molar-refractivity contribution in [3.8, 4) is 0 Å². The average Bonchev–Trinajstić information content (AvgIpc) is 2.38. The van der Waals surface area contributed by atoms with Crippen molar-refractivity contribution in [1.82, 2.24) is 9.97 Å².